The maximum absolute atomic E-state index is 12.5. The summed E-state index contributed by atoms with van der Waals surface area (Å²) in [5.74, 6) is -0.268. The Labute approximate surface area is 160 Å². The number of carbonyl (C=O) groups is 3. The van der Waals surface area contributed by atoms with E-state index in [0.717, 1.165) is 16.7 Å². The first-order valence-electron chi connectivity index (χ1n) is 8.29. The van der Waals surface area contributed by atoms with E-state index in [1.807, 2.05) is 6.07 Å². The van der Waals surface area contributed by atoms with Gasteiger partial charge in [-0.25, -0.2) is 0 Å². The summed E-state index contributed by atoms with van der Waals surface area (Å²) in [4.78, 5) is 39.8. The molecular formula is C18H17N3O5S. The second kappa shape index (κ2) is 8.70. The number of amides is 3. The Hall–Kier alpha value is -2.83. The highest BCUT2D eigenvalue weighted by molar-refractivity contribution is 8.18. The van der Waals surface area contributed by atoms with E-state index in [1.165, 1.54) is 0 Å². The number of carbonyl (C=O) groups excluding carboxylic acids is 3. The lowest BCUT2D eigenvalue weighted by Gasteiger charge is -2.28. The van der Waals surface area contributed by atoms with Crippen LogP contribution in [0.15, 0.2) is 29.2 Å². The van der Waals surface area contributed by atoms with Crippen LogP contribution < -0.4 is 4.74 Å². The van der Waals surface area contributed by atoms with Crippen LogP contribution in [0.1, 0.15) is 5.56 Å². The summed E-state index contributed by atoms with van der Waals surface area (Å²) in [6.45, 7) is 1.48. The predicted molar refractivity (Wildman–Crippen MR) is 97.6 cm³/mol. The Kier molecular flexibility index (Phi) is 6.11. The number of imide groups is 1. The first-order chi connectivity index (χ1) is 13.1. The zero-order valence-corrected chi connectivity index (χ0v) is 15.2. The van der Waals surface area contributed by atoms with E-state index in [-0.39, 0.29) is 24.0 Å². The number of benzene rings is 1. The van der Waals surface area contributed by atoms with Gasteiger partial charge in [0.1, 0.15) is 18.4 Å². The van der Waals surface area contributed by atoms with Crippen LogP contribution in [-0.2, 0) is 14.3 Å². The quantitative estimate of drug-likeness (QED) is 0.706. The number of ether oxygens (including phenoxy) is 2. The highest BCUT2D eigenvalue weighted by atomic mass is 32.2. The van der Waals surface area contributed by atoms with E-state index in [4.69, 9.17) is 14.7 Å². The molecule has 0 aliphatic carbocycles. The van der Waals surface area contributed by atoms with Gasteiger partial charge in [-0.15, -0.1) is 0 Å². The minimum atomic E-state index is -0.491. The number of nitriles is 1. The van der Waals surface area contributed by atoms with Gasteiger partial charge < -0.3 is 14.4 Å². The third-order valence-electron chi connectivity index (χ3n) is 3.99. The van der Waals surface area contributed by atoms with E-state index in [2.05, 4.69) is 0 Å². The Bertz CT molecular complexity index is 827. The predicted octanol–water partition coefficient (Wildman–Crippen LogP) is 1.48. The monoisotopic (exact) mass is 387 g/mol. The summed E-state index contributed by atoms with van der Waals surface area (Å²) in [7, 11) is 0. The molecule has 0 atom stereocenters. The fourth-order valence-electron chi connectivity index (χ4n) is 2.65. The minimum Gasteiger partial charge on any atom is -0.479 e. The van der Waals surface area contributed by atoms with Crippen LogP contribution >= 0.6 is 11.8 Å². The van der Waals surface area contributed by atoms with Gasteiger partial charge in [-0.2, -0.15) is 5.26 Å². The molecule has 0 aromatic heterocycles. The molecule has 0 spiro atoms. The molecule has 0 unspecified atom stereocenters. The third-order valence-corrected chi connectivity index (χ3v) is 4.90. The zero-order chi connectivity index (χ0) is 19.2. The van der Waals surface area contributed by atoms with Crippen molar-refractivity contribution >= 4 is 34.9 Å². The van der Waals surface area contributed by atoms with Gasteiger partial charge in [0.25, 0.3) is 11.1 Å². The van der Waals surface area contributed by atoms with Crippen LogP contribution in [0.4, 0.5) is 4.79 Å². The molecule has 0 radical (unpaired) electrons. The highest BCUT2D eigenvalue weighted by Crippen LogP contribution is 2.32. The fourth-order valence-corrected chi connectivity index (χ4v) is 3.48. The van der Waals surface area contributed by atoms with Crippen molar-refractivity contribution in [2.45, 2.75) is 0 Å². The van der Waals surface area contributed by atoms with E-state index < -0.39 is 11.1 Å². The SMILES string of the molecule is N#CCOc1cccc(/C=C2\SC(=O)N(CC(=O)N3CCOCC3)C2=O)c1. The van der Waals surface area contributed by atoms with Crippen LogP contribution in [0.3, 0.4) is 0 Å². The van der Waals surface area contributed by atoms with Crippen LogP contribution in [-0.4, -0.2) is 66.3 Å². The Balaban J connectivity index is 1.69. The molecule has 0 saturated carbocycles. The lowest BCUT2D eigenvalue weighted by Crippen LogP contribution is -2.46. The summed E-state index contributed by atoms with van der Waals surface area (Å²) in [5.41, 5.74) is 0.662. The van der Waals surface area contributed by atoms with Crippen LogP contribution in [0.25, 0.3) is 6.08 Å². The average molecular weight is 387 g/mol. The van der Waals surface area contributed by atoms with Crippen molar-refractivity contribution in [3.8, 4) is 11.8 Å². The van der Waals surface area contributed by atoms with Crippen LogP contribution in [0, 0.1) is 11.3 Å². The topological polar surface area (TPSA) is 99.9 Å². The van der Waals surface area contributed by atoms with Gasteiger partial charge in [0, 0.05) is 13.1 Å². The normalized spacial score (nSPS) is 18.7. The van der Waals surface area contributed by atoms with Crippen molar-refractivity contribution in [3.05, 3.63) is 34.7 Å². The molecule has 2 aliphatic heterocycles. The number of rotatable bonds is 5. The van der Waals surface area contributed by atoms with Crippen molar-refractivity contribution in [2.75, 3.05) is 39.5 Å². The molecule has 2 heterocycles. The summed E-state index contributed by atoms with van der Waals surface area (Å²) in [6, 6.07) is 8.73. The van der Waals surface area contributed by atoms with Gasteiger partial charge in [-0.1, -0.05) is 12.1 Å². The highest BCUT2D eigenvalue weighted by Gasteiger charge is 2.37. The van der Waals surface area contributed by atoms with E-state index >= 15 is 0 Å². The summed E-state index contributed by atoms with van der Waals surface area (Å²) >= 11 is 0.799. The molecule has 27 heavy (non-hydrogen) atoms. The molecule has 3 amide bonds. The number of hydrogen-bond donors (Lipinski definition) is 0. The molecule has 2 aliphatic rings. The molecule has 140 valence electrons. The van der Waals surface area contributed by atoms with Gasteiger partial charge in [0.15, 0.2) is 6.61 Å². The fraction of sp³-hybridized carbons (Fsp3) is 0.333. The lowest BCUT2D eigenvalue weighted by molar-refractivity contribution is -0.139. The Morgan fingerprint density at radius 2 is 2.11 bits per heavy atom. The average Bonchev–Trinajstić information content (AvgIpc) is 2.94. The molecule has 3 rings (SSSR count). The number of thioether (sulfide) groups is 1. The third kappa shape index (κ3) is 4.67. The van der Waals surface area contributed by atoms with Crippen LogP contribution in [0.5, 0.6) is 5.75 Å². The summed E-state index contributed by atoms with van der Waals surface area (Å²) in [5, 5.41) is 8.10. The van der Waals surface area contributed by atoms with Gasteiger partial charge >= 0.3 is 0 Å². The molecule has 0 N–H and O–H groups in total. The van der Waals surface area contributed by atoms with E-state index in [1.54, 1.807) is 35.2 Å². The molecule has 2 saturated heterocycles. The smallest absolute Gasteiger partial charge is 0.294 e. The van der Waals surface area contributed by atoms with Crippen molar-refractivity contribution in [2.24, 2.45) is 0 Å². The standard InChI is InChI=1S/C18H17N3O5S/c19-4-7-26-14-3-1-2-13(10-14)11-15-17(23)21(18(24)27-15)12-16(22)20-5-8-25-9-6-20/h1-3,10-11H,5-9,12H2/b15-11-. The van der Waals surface area contributed by atoms with Gasteiger partial charge in [-0.3, -0.25) is 19.3 Å². The Morgan fingerprint density at radius 3 is 2.85 bits per heavy atom. The molecule has 2 fully saturated rings. The number of morpholine rings is 1. The Morgan fingerprint density at radius 1 is 1.33 bits per heavy atom. The molecule has 1 aromatic carbocycles. The van der Waals surface area contributed by atoms with Crippen molar-refractivity contribution in [1.82, 2.24) is 9.80 Å². The molecule has 1 aromatic rings. The van der Waals surface area contributed by atoms with Crippen molar-refractivity contribution in [3.63, 3.8) is 0 Å². The number of nitrogens with zero attached hydrogens (tertiary/aromatic N) is 3. The van der Waals surface area contributed by atoms with Crippen LogP contribution in [0.2, 0.25) is 0 Å². The van der Waals surface area contributed by atoms with Crippen molar-refractivity contribution in [1.29, 1.82) is 5.26 Å². The number of hydrogen-bond acceptors (Lipinski definition) is 7. The summed E-state index contributed by atoms with van der Waals surface area (Å²) in [6.07, 6.45) is 1.57. The second-order valence-electron chi connectivity index (χ2n) is 5.78. The molecule has 0 bridgehead atoms. The first kappa shape index (κ1) is 18.9. The molecule has 9 heteroatoms. The van der Waals surface area contributed by atoms with Gasteiger partial charge in [0.05, 0.1) is 18.1 Å². The second-order valence-corrected chi connectivity index (χ2v) is 6.77. The largest absolute Gasteiger partial charge is 0.479 e. The lowest BCUT2D eigenvalue weighted by atomic mass is 10.2. The maximum Gasteiger partial charge on any atom is 0.294 e. The first-order valence-corrected chi connectivity index (χ1v) is 9.11. The van der Waals surface area contributed by atoms with E-state index in [9.17, 15) is 14.4 Å². The molecular weight excluding hydrogens is 370 g/mol. The van der Waals surface area contributed by atoms with Gasteiger partial charge in [-0.05, 0) is 35.5 Å². The van der Waals surface area contributed by atoms with Crippen molar-refractivity contribution < 1.29 is 23.9 Å². The van der Waals surface area contributed by atoms with Gasteiger partial charge in [0.2, 0.25) is 5.91 Å². The maximum atomic E-state index is 12.5. The zero-order valence-electron chi connectivity index (χ0n) is 14.4. The molecule has 8 nitrogen and oxygen atoms in total. The van der Waals surface area contributed by atoms with E-state index in [0.29, 0.717) is 37.6 Å². The summed E-state index contributed by atoms with van der Waals surface area (Å²) < 4.78 is 10.4. The minimum absolute atomic E-state index is 0.0797.